The lowest BCUT2D eigenvalue weighted by Crippen LogP contribution is -1.90. The molecular weight excluding hydrogens is 280 g/mol. The second-order valence-corrected chi connectivity index (χ2v) is 6.64. The number of rotatable bonds is 3. The van der Waals surface area contributed by atoms with E-state index in [4.69, 9.17) is 0 Å². The minimum Gasteiger partial charge on any atom is -0.294 e. The molecule has 3 heterocycles. The van der Waals surface area contributed by atoms with E-state index in [9.17, 15) is 4.79 Å². The van der Waals surface area contributed by atoms with Crippen LogP contribution < -0.4 is 0 Å². The van der Waals surface area contributed by atoms with Crippen molar-refractivity contribution in [2.45, 2.75) is 6.92 Å². The molecule has 0 saturated heterocycles. The Balaban J connectivity index is 2.16. The van der Waals surface area contributed by atoms with Crippen molar-refractivity contribution < 1.29 is 4.79 Å². The molecule has 0 aromatic carbocycles. The summed E-state index contributed by atoms with van der Waals surface area (Å²) >= 11 is 5.11. The van der Waals surface area contributed by atoms with Crippen LogP contribution in [0.25, 0.3) is 20.2 Å². The summed E-state index contributed by atoms with van der Waals surface area (Å²) in [7, 11) is 0. The van der Waals surface area contributed by atoms with E-state index < -0.39 is 0 Å². The van der Waals surface area contributed by atoms with Gasteiger partial charge in [-0.3, -0.25) is 4.79 Å². The third-order valence-corrected chi connectivity index (χ3v) is 5.61. The molecule has 3 rings (SSSR count). The quantitative estimate of drug-likeness (QED) is 0.590. The van der Waals surface area contributed by atoms with E-state index in [2.05, 4.69) is 29.0 Å². The van der Waals surface area contributed by atoms with E-state index in [1.54, 1.807) is 40.9 Å². The van der Waals surface area contributed by atoms with Gasteiger partial charge < -0.3 is 0 Å². The Bertz CT molecular complexity index is 674. The standard InChI is InChI=1S/C14H10OS3/c1-9(15)10-4-7-17-13(10)11-5-8-18-14(11)12-3-2-6-16-12/h2-8H,1H3. The molecule has 1 nitrogen and oxygen atoms in total. The van der Waals surface area contributed by atoms with Gasteiger partial charge in [0, 0.05) is 20.9 Å². The molecule has 0 radical (unpaired) electrons. The molecule has 0 unspecified atom stereocenters. The Kier molecular flexibility index (Phi) is 3.16. The summed E-state index contributed by atoms with van der Waals surface area (Å²) in [6, 6.07) is 8.21. The first kappa shape index (κ1) is 11.8. The number of ketones is 1. The molecule has 3 aromatic rings. The molecule has 0 N–H and O–H groups in total. The molecule has 0 spiro atoms. The van der Waals surface area contributed by atoms with Crippen LogP contribution in [0.15, 0.2) is 40.4 Å². The normalized spacial score (nSPS) is 10.7. The van der Waals surface area contributed by atoms with E-state index in [1.165, 1.54) is 15.3 Å². The average molecular weight is 290 g/mol. The van der Waals surface area contributed by atoms with Crippen molar-refractivity contribution in [2.24, 2.45) is 0 Å². The maximum absolute atomic E-state index is 11.6. The fourth-order valence-corrected chi connectivity index (χ4v) is 4.71. The van der Waals surface area contributed by atoms with Crippen LogP contribution in [-0.4, -0.2) is 5.78 Å². The molecule has 0 atom stereocenters. The van der Waals surface area contributed by atoms with Crippen LogP contribution in [0.4, 0.5) is 0 Å². The van der Waals surface area contributed by atoms with Crippen LogP contribution in [0, 0.1) is 0 Å². The van der Waals surface area contributed by atoms with Crippen molar-refractivity contribution in [3.63, 3.8) is 0 Å². The van der Waals surface area contributed by atoms with Gasteiger partial charge in [0.2, 0.25) is 0 Å². The van der Waals surface area contributed by atoms with Crippen molar-refractivity contribution in [2.75, 3.05) is 0 Å². The fourth-order valence-electron chi connectivity index (χ4n) is 1.88. The highest BCUT2D eigenvalue weighted by Crippen LogP contribution is 2.42. The first-order valence-corrected chi connectivity index (χ1v) is 8.11. The van der Waals surface area contributed by atoms with Crippen LogP contribution in [0.2, 0.25) is 0 Å². The van der Waals surface area contributed by atoms with Crippen molar-refractivity contribution in [1.82, 2.24) is 0 Å². The third kappa shape index (κ3) is 1.96. The zero-order valence-corrected chi connectivity index (χ0v) is 12.1. The summed E-state index contributed by atoms with van der Waals surface area (Å²) in [6.45, 7) is 1.63. The van der Waals surface area contributed by atoms with E-state index >= 15 is 0 Å². The smallest absolute Gasteiger partial charge is 0.161 e. The fraction of sp³-hybridized carbons (Fsp3) is 0.0714. The number of hydrogen-bond donors (Lipinski definition) is 0. The number of carbonyl (C=O) groups is 1. The summed E-state index contributed by atoms with van der Waals surface area (Å²) in [5.74, 6) is 0.134. The average Bonchev–Trinajstić information content (AvgIpc) is 3.10. The summed E-state index contributed by atoms with van der Waals surface area (Å²) in [5, 5.41) is 6.16. The summed E-state index contributed by atoms with van der Waals surface area (Å²) in [5.41, 5.74) is 2.01. The molecule has 0 aliphatic heterocycles. The van der Waals surface area contributed by atoms with E-state index in [0.29, 0.717) is 0 Å². The van der Waals surface area contributed by atoms with Crippen LogP contribution >= 0.6 is 34.0 Å². The van der Waals surface area contributed by atoms with Gasteiger partial charge in [-0.15, -0.1) is 34.0 Å². The molecule has 18 heavy (non-hydrogen) atoms. The van der Waals surface area contributed by atoms with Gasteiger partial charge in [-0.1, -0.05) is 6.07 Å². The van der Waals surface area contributed by atoms with Crippen LogP contribution in [-0.2, 0) is 0 Å². The second kappa shape index (κ2) is 4.80. The Morgan fingerprint density at radius 3 is 2.44 bits per heavy atom. The van der Waals surface area contributed by atoms with E-state index in [1.807, 2.05) is 11.4 Å². The van der Waals surface area contributed by atoms with Crippen LogP contribution in [0.3, 0.4) is 0 Å². The molecular formula is C14H10OS3. The Hall–Kier alpha value is -1.23. The summed E-state index contributed by atoms with van der Waals surface area (Å²) < 4.78 is 0. The van der Waals surface area contributed by atoms with Gasteiger partial charge in [-0.05, 0) is 41.3 Å². The van der Waals surface area contributed by atoms with Crippen LogP contribution in [0.5, 0.6) is 0 Å². The minimum atomic E-state index is 0.134. The van der Waals surface area contributed by atoms with Crippen LogP contribution in [0.1, 0.15) is 17.3 Å². The molecule has 0 aliphatic rings. The maximum Gasteiger partial charge on any atom is 0.161 e. The van der Waals surface area contributed by atoms with Gasteiger partial charge in [0.1, 0.15) is 0 Å². The van der Waals surface area contributed by atoms with Crippen molar-refractivity contribution in [3.05, 3.63) is 46.0 Å². The Morgan fingerprint density at radius 1 is 0.944 bits per heavy atom. The summed E-state index contributed by atoms with van der Waals surface area (Å²) in [4.78, 5) is 15.2. The van der Waals surface area contributed by atoms with E-state index in [0.717, 1.165) is 10.4 Å². The molecule has 3 aromatic heterocycles. The number of carbonyl (C=O) groups excluding carboxylic acids is 1. The molecule has 4 heteroatoms. The van der Waals surface area contributed by atoms with Gasteiger partial charge in [0.25, 0.3) is 0 Å². The number of Topliss-reactive ketones (excluding diaryl/α,β-unsaturated/α-hetero) is 1. The first-order valence-electron chi connectivity index (χ1n) is 5.47. The molecule has 0 bridgehead atoms. The molecule has 0 fully saturated rings. The molecule has 90 valence electrons. The minimum absolute atomic E-state index is 0.134. The van der Waals surface area contributed by atoms with E-state index in [-0.39, 0.29) is 5.78 Å². The Morgan fingerprint density at radius 2 is 1.72 bits per heavy atom. The number of thiophene rings is 3. The molecule has 0 saturated carbocycles. The van der Waals surface area contributed by atoms with Crippen molar-refractivity contribution in [3.8, 4) is 20.2 Å². The van der Waals surface area contributed by atoms with Gasteiger partial charge in [-0.25, -0.2) is 0 Å². The van der Waals surface area contributed by atoms with Crippen molar-refractivity contribution >= 4 is 39.8 Å². The third-order valence-electron chi connectivity index (χ3n) is 2.70. The van der Waals surface area contributed by atoms with Crippen molar-refractivity contribution in [1.29, 1.82) is 0 Å². The summed E-state index contributed by atoms with van der Waals surface area (Å²) in [6.07, 6.45) is 0. The highest BCUT2D eigenvalue weighted by molar-refractivity contribution is 7.21. The second-order valence-electron chi connectivity index (χ2n) is 3.86. The number of hydrogen-bond acceptors (Lipinski definition) is 4. The predicted octanol–water partition coefficient (Wildman–Crippen LogP) is 5.41. The van der Waals surface area contributed by atoms with Gasteiger partial charge in [0.15, 0.2) is 5.78 Å². The van der Waals surface area contributed by atoms with Gasteiger partial charge in [-0.2, -0.15) is 0 Å². The Labute approximate surface area is 117 Å². The lowest BCUT2D eigenvalue weighted by Gasteiger charge is -2.01. The van der Waals surface area contributed by atoms with Gasteiger partial charge in [0.05, 0.1) is 4.88 Å². The zero-order chi connectivity index (χ0) is 12.5. The first-order chi connectivity index (χ1) is 8.77. The predicted molar refractivity (Wildman–Crippen MR) is 80.9 cm³/mol. The highest BCUT2D eigenvalue weighted by Gasteiger charge is 2.16. The molecule has 0 amide bonds. The molecule has 0 aliphatic carbocycles. The topological polar surface area (TPSA) is 17.1 Å². The highest BCUT2D eigenvalue weighted by atomic mass is 32.1. The van der Waals surface area contributed by atoms with Gasteiger partial charge >= 0.3 is 0 Å². The largest absolute Gasteiger partial charge is 0.294 e. The zero-order valence-electron chi connectivity index (χ0n) is 9.67. The lowest BCUT2D eigenvalue weighted by molar-refractivity contribution is 0.101. The SMILES string of the molecule is CC(=O)c1ccsc1-c1ccsc1-c1cccs1. The maximum atomic E-state index is 11.6. The lowest BCUT2D eigenvalue weighted by atomic mass is 10.1. The monoisotopic (exact) mass is 290 g/mol.